The summed E-state index contributed by atoms with van der Waals surface area (Å²) in [7, 11) is 0. The molecular formula is C27H39N. The van der Waals surface area contributed by atoms with Crippen LogP contribution >= 0.6 is 0 Å². The van der Waals surface area contributed by atoms with Crippen LogP contribution in [-0.4, -0.2) is 5.54 Å². The molecule has 0 amide bonds. The first-order valence-electron chi connectivity index (χ1n) is 10.3. The Morgan fingerprint density at radius 3 is 2.32 bits per heavy atom. The standard InChI is InChI=1S/C27H39N/c1-11-21(5)26(23(7)28-27(8,9)10)15-13-22(6)25-17-20(4)16-24(18-25)14-12-19(2)3/h13,15-19,28H,1,6,12,14H2,2-5,7-10H3/b15-13-,26-23-. The zero-order valence-electron chi connectivity index (χ0n) is 19.3. The molecule has 0 unspecified atom stereocenters. The highest BCUT2D eigenvalue weighted by Gasteiger charge is 2.12. The van der Waals surface area contributed by atoms with Crippen molar-refractivity contribution in [2.24, 2.45) is 5.92 Å². The molecule has 0 fully saturated rings. The van der Waals surface area contributed by atoms with E-state index in [4.69, 9.17) is 0 Å². The topological polar surface area (TPSA) is 12.0 Å². The van der Waals surface area contributed by atoms with E-state index >= 15 is 0 Å². The number of aryl methyl sites for hydroxylation is 2. The maximum atomic E-state index is 4.32. The van der Waals surface area contributed by atoms with Crippen LogP contribution in [0.15, 0.2) is 66.1 Å². The summed E-state index contributed by atoms with van der Waals surface area (Å²) < 4.78 is 0. The SMILES string of the molecule is C=C=C(C)C(/C=C\C(=C)c1cc(C)cc(CCC(C)C)c1)=C(/C)NC(C)(C)C. The molecule has 0 spiro atoms. The Balaban J connectivity index is 3.16. The molecule has 0 aromatic heterocycles. The Hall–Kier alpha value is -2.24. The number of benzene rings is 1. The molecule has 1 nitrogen and oxygen atoms in total. The fraction of sp³-hybridized carbons (Fsp3) is 0.444. The first-order chi connectivity index (χ1) is 12.9. The Bertz CT molecular complexity index is 803. The van der Waals surface area contributed by atoms with Gasteiger partial charge in [-0.25, -0.2) is 0 Å². The van der Waals surface area contributed by atoms with Crippen LogP contribution in [0.3, 0.4) is 0 Å². The molecule has 1 heteroatoms. The molecule has 0 bridgehead atoms. The van der Waals surface area contributed by atoms with Crippen molar-refractivity contribution >= 4 is 5.57 Å². The van der Waals surface area contributed by atoms with Crippen molar-refractivity contribution in [2.75, 3.05) is 0 Å². The van der Waals surface area contributed by atoms with E-state index in [9.17, 15) is 0 Å². The molecule has 0 saturated carbocycles. The molecule has 28 heavy (non-hydrogen) atoms. The van der Waals surface area contributed by atoms with Gasteiger partial charge < -0.3 is 5.32 Å². The lowest BCUT2D eigenvalue weighted by molar-refractivity contribution is 0.472. The molecule has 0 aliphatic carbocycles. The average Bonchev–Trinajstić information content (AvgIpc) is 2.57. The van der Waals surface area contributed by atoms with Gasteiger partial charge in [-0.1, -0.05) is 62.9 Å². The molecule has 1 rings (SSSR count). The monoisotopic (exact) mass is 377 g/mol. The van der Waals surface area contributed by atoms with Crippen LogP contribution in [0.25, 0.3) is 5.57 Å². The van der Waals surface area contributed by atoms with Gasteiger partial charge in [0.2, 0.25) is 0 Å². The quantitative estimate of drug-likeness (QED) is 0.364. The zero-order valence-corrected chi connectivity index (χ0v) is 19.3. The molecule has 0 heterocycles. The molecule has 0 radical (unpaired) electrons. The minimum Gasteiger partial charge on any atom is -0.383 e. The second kappa shape index (κ2) is 10.3. The van der Waals surface area contributed by atoms with Crippen molar-refractivity contribution in [1.29, 1.82) is 0 Å². The lowest BCUT2D eigenvalue weighted by atomic mass is 9.95. The van der Waals surface area contributed by atoms with E-state index in [1.807, 2.05) is 6.92 Å². The van der Waals surface area contributed by atoms with E-state index in [1.165, 1.54) is 23.1 Å². The van der Waals surface area contributed by atoms with E-state index < -0.39 is 0 Å². The Kier molecular flexibility index (Phi) is 8.79. The van der Waals surface area contributed by atoms with Crippen molar-refractivity contribution in [1.82, 2.24) is 5.32 Å². The first-order valence-corrected chi connectivity index (χ1v) is 10.3. The van der Waals surface area contributed by atoms with Crippen LogP contribution in [0.2, 0.25) is 0 Å². The van der Waals surface area contributed by atoms with E-state index in [2.05, 4.69) is 103 Å². The van der Waals surface area contributed by atoms with Crippen molar-refractivity contribution in [3.8, 4) is 0 Å². The van der Waals surface area contributed by atoms with E-state index in [-0.39, 0.29) is 5.54 Å². The van der Waals surface area contributed by atoms with Gasteiger partial charge in [-0.05, 0) is 82.6 Å². The van der Waals surface area contributed by atoms with Crippen LogP contribution in [0.4, 0.5) is 0 Å². The van der Waals surface area contributed by atoms with E-state index in [0.717, 1.165) is 28.8 Å². The fourth-order valence-corrected chi connectivity index (χ4v) is 3.18. The maximum absolute atomic E-state index is 4.32. The van der Waals surface area contributed by atoms with Crippen LogP contribution in [0, 0.1) is 12.8 Å². The summed E-state index contributed by atoms with van der Waals surface area (Å²) in [5.74, 6) is 0.715. The lowest BCUT2D eigenvalue weighted by Crippen LogP contribution is -2.34. The average molecular weight is 378 g/mol. The number of hydrogen-bond acceptors (Lipinski definition) is 1. The molecule has 152 valence electrons. The predicted molar refractivity (Wildman–Crippen MR) is 126 cm³/mol. The summed E-state index contributed by atoms with van der Waals surface area (Å²) in [4.78, 5) is 0. The second-order valence-electron chi connectivity index (χ2n) is 9.21. The van der Waals surface area contributed by atoms with Gasteiger partial charge in [0.05, 0.1) is 0 Å². The summed E-state index contributed by atoms with van der Waals surface area (Å²) >= 11 is 0. The van der Waals surface area contributed by atoms with Gasteiger partial charge in [-0.2, -0.15) is 0 Å². The van der Waals surface area contributed by atoms with Crippen molar-refractivity contribution in [2.45, 2.75) is 73.8 Å². The Morgan fingerprint density at radius 1 is 1.14 bits per heavy atom. The third-order valence-electron chi connectivity index (χ3n) is 4.61. The summed E-state index contributed by atoms with van der Waals surface area (Å²) in [6.45, 7) is 25.5. The number of allylic oxidation sites excluding steroid dienone is 6. The van der Waals surface area contributed by atoms with Crippen molar-refractivity contribution in [3.63, 3.8) is 0 Å². The lowest BCUT2D eigenvalue weighted by Gasteiger charge is -2.24. The fourth-order valence-electron chi connectivity index (χ4n) is 3.18. The first kappa shape index (κ1) is 23.8. The summed E-state index contributed by atoms with van der Waals surface area (Å²) in [5, 5.41) is 3.55. The highest BCUT2D eigenvalue weighted by molar-refractivity contribution is 5.73. The minimum atomic E-state index is 0.00346. The van der Waals surface area contributed by atoms with Crippen LogP contribution < -0.4 is 5.32 Å². The highest BCUT2D eigenvalue weighted by Crippen LogP contribution is 2.23. The Morgan fingerprint density at radius 2 is 1.79 bits per heavy atom. The highest BCUT2D eigenvalue weighted by atomic mass is 15.0. The van der Waals surface area contributed by atoms with Crippen LogP contribution in [0.1, 0.15) is 71.6 Å². The van der Waals surface area contributed by atoms with Crippen molar-refractivity contribution < 1.29 is 0 Å². The van der Waals surface area contributed by atoms with Gasteiger partial charge in [0.25, 0.3) is 0 Å². The van der Waals surface area contributed by atoms with Crippen LogP contribution in [0.5, 0.6) is 0 Å². The molecule has 1 N–H and O–H groups in total. The number of rotatable bonds is 8. The van der Waals surface area contributed by atoms with Gasteiger partial charge in [0.1, 0.15) is 0 Å². The molecule has 1 aromatic rings. The summed E-state index contributed by atoms with van der Waals surface area (Å²) in [6, 6.07) is 6.78. The number of nitrogens with one attached hydrogen (secondary N) is 1. The molecule has 0 aliphatic rings. The number of hydrogen-bond donors (Lipinski definition) is 1. The molecule has 1 aromatic carbocycles. The van der Waals surface area contributed by atoms with Gasteiger partial charge in [-0.15, -0.1) is 5.73 Å². The molecule has 0 atom stereocenters. The zero-order chi connectivity index (χ0) is 21.5. The van der Waals surface area contributed by atoms with E-state index in [0.29, 0.717) is 5.92 Å². The summed E-state index contributed by atoms with van der Waals surface area (Å²) in [6.07, 6.45) is 6.55. The van der Waals surface area contributed by atoms with Gasteiger partial charge in [0.15, 0.2) is 0 Å². The third kappa shape index (κ3) is 8.19. The van der Waals surface area contributed by atoms with Gasteiger partial charge in [-0.3, -0.25) is 0 Å². The smallest absolute Gasteiger partial charge is 0.0286 e. The maximum Gasteiger partial charge on any atom is 0.0286 e. The van der Waals surface area contributed by atoms with E-state index in [1.54, 1.807) is 0 Å². The predicted octanol–water partition coefficient (Wildman–Crippen LogP) is 7.55. The second-order valence-corrected chi connectivity index (χ2v) is 9.21. The van der Waals surface area contributed by atoms with Gasteiger partial charge in [0, 0.05) is 16.8 Å². The molecule has 0 saturated heterocycles. The van der Waals surface area contributed by atoms with Crippen LogP contribution in [-0.2, 0) is 6.42 Å². The molecular weight excluding hydrogens is 338 g/mol. The largest absolute Gasteiger partial charge is 0.383 e. The van der Waals surface area contributed by atoms with Gasteiger partial charge >= 0.3 is 0 Å². The normalized spacial score (nSPS) is 12.8. The summed E-state index contributed by atoms with van der Waals surface area (Å²) in [5.41, 5.74) is 11.2. The minimum absolute atomic E-state index is 0.00346. The Labute approximate surface area is 173 Å². The third-order valence-corrected chi connectivity index (χ3v) is 4.61. The molecule has 0 aliphatic heterocycles. The van der Waals surface area contributed by atoms with Crippen molar-refractivity contribution in [3.05, 3.63) is 82.8 Å².